The van der Waals surface area contributed by atoms with Gasteiger partial charge in [-0.05, 0) is 78.9 Å². The van der Waals surface area contributed by atoms with Crippen LogP contribution >= 0.6 is 0 Å². The Labute approximate surface area is 230 Å². The van der Waals surface area contributed by atoms with Crippen molar-refractivity contribution in [2.75, 3.05) is 18.6 Å². The van der Waals surface area contributed by atoms with E-state index in [9.17, 15) is 19.7 Å². The Morgan fingerprint density at radius 2 is 1.90 bits per heavy atom. The Morgan fingerprint density at radius 1 is 1.10 bits per heavy atom. The van der Waals surface area contributed by atoms with Crippen molar-refractivity contribution >= 4 is 30.7 Å². The van der Waals surface area contributed by atoms with Gasteiger partial charge in [0.1, 0.15) is 5.75 Å². The van der Waals surface area contributed by atoms with Crippen molar-refractivity contribution in [2.45, 2.75) is 51.5 Å². The van der Waals surface area contributed by atoms with Crippen LogP contribution in [-0.2, 0) is 19.0 Å². The number of imide groups is 1. The molecule has 0 spiro atoms. The first-order valence-electron chi connectivity index (χ1n) is 13.9. The maximum absolute atomic E-state index is 13.8. The molecule has 2 heterocycles. The molecule has 1 aliphatic carbocycles. The summed E-state index contributed by atoms with van der Waals surface area (Å²) in [7, 11) is 0.627. The average Bonchev–Trinajstić information content (AvgIpc) is 3.17. The number of para-hydroxylation sites is 1. The number of nitrogens with zero attached hydrogens (tertiary/aromatic N) is 1. The zero-order chi connectivity index (χ0) is 27.5. The van der Waals surface area contributed by atoms with Crippen LogP contribution in [0.4, 0.5) is 5.69 Å². The third kappa shape index (κ3) is 5.60. The molecule has 2 aliphatic heterocycles. The van der Waals surface area contributed by atoms with E-state index >= 15 is 0 Å². The molecule has 0 saturated carbocycles. The van der Waals surface area contributed by atoms with E-state index in [1.54, 1.807) is 31.4 Å². The number of carbonyl (C=O) groups is 2. The van der Waals surface area contributed by atoms with Gasteiger partial charge in [0.05, 0.1) is 30.2 Å². The van der Waals surface area contributed by atoms with Gasteiger partial charge in [0.15, 0.2) is 0 Å². The van der Waals surface area contributed by atoms with E-state index in [0.29, 0.717) is 25.1 Å². The molecule has 8 heteroatoms. The molecule has 4 atom stereocenters. The van der Waals surface area contributed by atoms with Crippen LogP contribution in [0.5, 0.6) is 5.75 Å². The number of anilines is 1. The second-order valence-corrected chi connectivity index (χ2v) is 10.8. The fourth-order valence-electron chi connectivity index (χ4n) is 6.66. The van der Waals surface area contributed by atoms with Gasteiger partial charge in [0.25, 0.3) is 0 Å². The molecule has 2 aromatic carbocycles. The summed E-state index contributed by atoms with van der Waals surface area (Å²) >= 11 is 0. The van der Waals surface area contributed by atoms with Gasteiger partial charge in [-0.3, -0.25) is 14.5 Å². The number of ether oxygens (including phenoxy) is 1. The number of amides is 2. The molecule has 5 rings (SSSR count). The molecule has 2 fully saturated rings. The van der Waals surface area contributed by atoms with Crippen molar-refractivity contribution in [3.05, 3.63) is 76.9 Å². The second-order valence-electron chi connectivity index (χ2n) is 10.8. The summed E-state index contributed by atoms with van der Waals surface area (Å²) in [4.78, 5) is 28.6. The van der Waals surface area contributed by atoms with E-state index in [1.165, 1.54) is 10.5 Å². The van der Waals surface area contributed by atoms with Crippen molar-refractivity contribution in [1.82, 2.24) is 0 Å². The number of fused-ring (bicyclic) bond motifs is 3. The van der Waals surface area contributed by atoms with Crippen molar-refractivity contribution < 1.29 is 29.1 Å². The van der Waals surface area contributed by atoms with E-state index in [0.717, 1.165) is 36.0 Å². The van der Waals surface area contributed by atoms with Crippen LogP contribution < -0.4 is 4.90 Å². The highest BCUT2D eigenvalue weighted by Gasteiger charge is 2.57. The van der Waals surface area contributed by atoms with Crippen LogP contribution in [0, 0.1) is 17.8 Å². The maximum Gasteiger partial charge on any atom is 0.455 e. The van der Waals surface area contributed by atoms with Crippen molar-refractivity contribution in [1.29, 1.82) is 0 Å². The molecule has 39 heavy (non-hydrogen) atoms. The number of rotatable bonds is 9. The largest absolute Gasteiger partial charge is 0.508 e. The predicted molar refractivity (Wildman–Crippen MR) is 151 cm³/mol. The number of aromatic hydroxyl groups is 1. The van der Waals surface area contributed by atoms with E-state index < -0.39 is 19.0 Å². The molecule has 2 N–H and O–H groups in total. The Bertz CT molecular complexity index is 1270. The van der Waals surface area contributed by atoms with Crippen LogP contribution in [0.15, 0.2) is 71.3 Å². The minimum absolute atomic E-state index is 0.180. The minimum Gasteiger partial charge on any atom is -0.508 e. The zero-order valence-electron chi connectivity index (χ0n) is 22.6. The van der Waals surface area contributed by atoms with Gasteiger partial charge >= 0.3 is 7.12 Å². The summed E-state index contributed by atoms with van der Waals surface area (Å²) in [5.41, 5.74) is 4.78. The molecule has 2 saturated heterocycles. The minimum atomic E-state index is -1.01. The standard InChI is InChI=1S/C31H36BNO6/c1-3-8-20(15-21-9-7-12-24(34)16-21)13-14-27-28-22(19-38-2)17-25-29(26(28)18-32(37)39-27)31(36)33(30(25)35)23-10-5-4-6-11-23/h4-7,9-12,15-16,25-27,29,34,37H,3,8,13-14,17-19H2,1-2H3/b20-15+/t25-,26+,27-,29-/m1/s1. The SMILES string of the molecule is CCC/C(=C\c1cccc(O)c1)CC[C@H]1OB(O)C[C@H]2C1=C(COC)C[C@H]1C(=O)N(c3ccccc3)C(=O)[C@H]12. The number of phenols is 1. The van der Waals surface area contributed by atoms with Crippen LogP contribution in [0.3, 0.4) is 0 Å². The van der Waals surface area contributed by atoms with Crippen molar-refractivity contribution in [2.24, 2.45) is 17.8 Å². The first-order valence-corrected chi connectivity index (χ1v) is 13.9. The summed E-state index contributed by atoms with van der Waals surface area (Å²) in [5, 5.41) is 20.7. The third-order valence-corrected chi connectivity index (χ3v) is 8.18. The molecule has 2 amide bonds. The Kier molecular flexibility index (Phi) is 8.36. The molecule has 7 nitrogen and oxygen atoms in total. The topological polar surface area (TPSA) is 96.3 Å². The summed E-state index contributed by atoms with van der Waals surface area (Å²) in [6, 6.07) is 16.3. The molecular weight excluding hydrogens is 493 g/mol. The third-order valence-electron chi connectivity index (χ3n) is 8.18. The Hall–Kier alpha value is -3.20. The molecule has 3 aliphatic rings. The van der Waals surface area contributed by atoms with Crippen molar-refractivity contribution in [3.63, 3.8) is 0 Å². The fourth-order valence-corrected chi connectivity index (χ4v) is 6.66. The molecular formula is C31H36BNO6. The Balaban J connectivity index is 1.44. The van der Waals surface area contributed by atoms with Gasteiger partial charge in [-0.1, -0.05) is 55.3 Å². The lowest BCUT2D eigenvalue weighted by Gasteiger charge is -2.43. The van der Waals surface area contributed by atoms with E-state index in [1.807, 2.05) is 30.3 Å². The number of carbonyl (C=O) groups excluding carboxylic acids is 2. The van der Waals surface area contributed by atoms with Crippen LogP contribution in [0.2, 0.25) is 6.32 Å². The number of phenolic OH excluding ortho intramolecular Hbond substituents is 1. The lowest BCUT2D eigenvalue weighted by Crippen LogP contribution is -2.46. The molecule has 2 aromatic rings. The number of benzene rings is 2. The molecule has 204 valence electrons. The van der Waals surface area contributed by atoms with Crippen LogP contribution in [-0.4, -0.2) is 48.9 Å². The molecule has 0 unspecified atom stereocenters. The second kappa shape index (κ2) is 11.9. The zero-order valence-corrected chi connectivity index (χ0v) is 22.6. The summed E-state index contributed by atoms with van der Waals surface area (Å²) in [6.45, 7) is 2.49. The molecule has 0 aromatic heterocycles. The summed E-state index contributed by atoms with van der Waals surface area (Å²) in [5.74, 6) is -1.42. The fraction of sp³-hybridized carbons (Fsp3) is 0.419. The highest BCUT2D eigenvalue weighted by atomic mass is 16.5. The summed E-state index contributed by atoms with van der Waals surface area (Å²) in [6.07, 6.45) is 5.74. The predicted octanol–water partition coefficient (Wildman–Crippen LogP) is 5.00. The van der Waals surface area contributed by atoms with E-state index in [2.05, 4.69) is 13.0 Å². The van der Waals surface area contributed by atoms with Gasteiger partial charge in [0, 0.05) is 7.11 Å². The number of hydrogen-bond donors (Lipinski definition) is 2. The number of allylic oxidation sites excluding steroid dienone is 1. The summed E-state index contributed by atoms with van der Waals surface area (Å²) < 4.78 is 11.7. The van der Waals surface area contributed by atoms with Gasteiger partial charge in [0.2, 0.25) is 11.8 Å². The van der Waals surface area contributed by atoms with Crippen molar-refractivity contribution in [3.8, 4) is 5.75 Å². The van der Waals surface area contributed by atoms with Crippen LogP contribution in [0.1, 0.15) is 44.6 Å². The monoisotopic (exact) mass is 529 g/mol. The highest BCUT2D eigenvalue weighted by Crippen LogP contribution is 2.51. The lowest BCUT2D eigenvalue weighted by molar-refractivity contribution is -0.122. The molecule has 0 bridgehead atoms. The smallest absolute Gasteiger partial charge is 0.455 e. The average molecular weight is 529 g/mol. The molecule has 0 radical (unpaired) electrons. The van der Waals surface area contributed by atoms with E-state index in [-0.39, 0.29) is 35.9 Å². The van der Waals surface area contributed by atoms with Gasteiger partial charge in [-0.2, -0.15) is 0 Å². The lowest BCUT2D eigenvalue weighted by atomic mass is 9.58. The number of hydrogen-bond acceptors (Lipinski definition) is 6. The number of methoxy groups -OCH3 is 1. The first kappa shape index (κ1) is 27.4. The normalized spacial score (nSPS) is 25.3. The Morgan fingerprint density at radius 3 is 2.62 bits per heavy atom. The maximum atomic E-state index is 13.8. The van der Waals surface area contributed by atoms with Gasteiger partial charge in [-0.15, -0.1) is 0 Å². The van der Waals surface area contributed by atoms with Gasteiger partial charge in [-0.25, -0.2) is 0 Å². The van der Waals surface area contributed by atoms with Crippen LogP contribution in [0.25, 0.3) is 6.08 Å². The first-order chi connectivity index (χ1) is 18.9. The van der Waals surface area contributed by atoms with E-state index in [4.69, 9.17) is 9.39 Å². The highest BCUT2D eigenvalue weighted by molar-refractivity contribution is 6.43. The quantitative estimate of drug-likeness (QED) is 0.270. The van der Waals surface area contributed by atoms with Gasteiger partial charge < -0.3 is 19.5 Å².